The maximum atomic E-state index is 13.0. The summed E-state index contributed by atoms with van der Waals surface area (Å²) in [5, 5.41) is 10.8. The molecule has 0 saturated carbocycles. The number of ether oxygens (including phenoxy) is 1. The molecule has 0 aromatic heterocycles. The van der Waals surface area contributed by atoms with Gasteiger partial charge in [-0.05, 0) is 37.3 Å². The number of likely N-dealkylation sites (N-methyl/N-ethyl adjacent to an activating group) is 1. The highest BCUT2D eigenvalue weighted by Gasteiger charge is 2.26. The van der Waals surface area contributed by atoms with Crippen LogP contribution in [0.4, 0.5) is 10.5 Å². The first-order valence-corrected chi connectivity index (χ1v) is 14.1. The Hall–Kier alpha value is -3.38. The van der Waals surface area contributed by atoms with E-state index in [0.29, 0.717) is 56.5 Å². The van der Waals surface area contributed by atoms with E-state index in [1.54, 1.807) is 16.8 Å². The average Bonchev–Trinajstić information content (AvgIpc) is 2.87. The molecule has 0 spiro atoms. The summed E-state index contributed by atoms with van der Waals surface area (Å²) in [4.78, 5) is 45.8. The summed E-state index contributed by atoms with van der Waals surface area (Å²) in [6.45, 7) is 14.6. The van der Waals surface area contributed by atoms with Crippen LogP contribution in [0.2, 0.25) is 0 Å². The Balaban J connectivity index is 1.60. The summed E-state index contributed by atoms with van der Waals surface area (Å²) in [5.41, 5.74) is 4.54. The second-order valence-corrected chi connectivity index (χ2v) is 11.6. The summed E-state index contributed by atoms with van der Waals surface area (Å²) in [6.07, 6.45) is 0.946. The lowest BCUT2D eigenvalue weighted by Crippen LogP contribution is -2.57. The van der Waals surface area contributed by atoms with Gasteiger partial charge in [-0.15, -0.1) is 0 Å². The predicted molar refractivity (Wildman–Crippen MR) is 155 cm³/mol. The number of hydrogen-bond donors (Lipinski definition) is 4. The van der Waals surface area contributed by atoms with Gasteiger partial charge in [-0.25, -0.2) is 14.8 Å². The summed E-state index contributed by atoms with van der Waals surface area (Å²) in [6, 6.07) is 5.49. The van der Waals surface area contributed by atoms with Crippen LogP contribution in [0.5, 0.6) is 5.75 Å². The topological polar surface area (TPSA) is 131 Å². The van der Waals surface area contributed by atoms with Crippen LogP contribution < -0.4 is 26.1 Å². The first kappa shape index (κ1) is 31.2. The van der Waals surface area contributed by atoms with Crippen LogP contribution in [-0.4, -0.2) is 97.6 Å². The van der Waals surface area contributed by atoms with E-state index < -0.39 is 0 Å². The minimum absolute atomic E-state index is 0.0174. The zero-order valence-electron chi connectivity index (χ0n) is 24.8. The molecule has 3 rings (SSSR count). The monoisotopic (exact) mass is 558 g/mol. The molecule has 1 aromatic rings. The van der Waals surface area contributed by atoms with E-state index in [9.17, 15) is 14.4 Å². The quantitative estimate of drug-likeness (QED) is 0.322. The van der Waals surface area contributed by atoms with Crippen LogP contribution >= 0.6 is 0 Å². The van der Waals surface area contributed by atoms with Gasteiger partial charge in [0, 0.05) is 64.8 Å². The Labute approximate surface area is 237 Å². The van der Waals surface area contributed by atoms with Gasteiger partial charge in [0.05, 0.1) is 12.3 Å². The number of carbonyl (C=O) groups excluding carboxylic acids is 3. The highest BCUT2D eigenvalue weighted by atomic mass is 16.5. The molecule has 4 amide bonds. The number of carbonyl (C=O) groups is 3. The van der Waals surface area contributed by atoms with Crippen LogP contribution in [0.1, 0.15) is 53.0 Å². The van der Waals surface area contributed by atoms with Crippen molar-refractivity contribution in [1.29, 1.82) is 0 Å². The minimum Gasteiger partial charge on any atom is -0.494 e. The number of guanidine groups is 1. The van der Waals surface area contributed by atoms with E-state index in [1.807, 2.05) is 30.1 Å². The second kappa shape index (κ2) is 14.3. The third kappa shape index (κ3) is 9.67. The molecule has 2 aliphatic rings. The van der Waals surface area contributed by atoms with Crippen LogP contribution in [0.15, 0.2) is 23.2 Å². The normalized spacial score (nSPS) is 17.4. The van der Waals surface area contributed by atoms with Gasteiger partial charge in [-0.1, -0.05) is 26.8 Å². The largest absolute Gasteiger partial charge is 0.494 e. The van der Waals surface area contributed by atoms with Gasteiger partial charge in [0.25, 0.3) is 0 Å². The van der Waals surface area contributed by atoms with Gasteiger partial charge < -0.3 is 25.2 Å². The predicted octanol–water partition coefficient (Wildman–Crippen LogP) is 1.80. The summed E-state index contributed by atoms with van der Waals surface area (Å²) >= 11 is 0. The number of hydrogen-bond acceptors (Lipinski definition) is 8. The molecule has 0 bridgehead atoms. The number of rotatable bonds is 10. The fourth-order valence-electron chi connectivity index (χ4n) is 4.61. The zero-order chi connectivity index (χ0) is 29.3. The van der Waals surface area contributed by atoms with Crippen molar-refractivity contribution < 1.29 is 19.1 Å². The Bertz CT molecular complexity index is 1070. The van der Waals surface area contributed by atoms with E-state index >= 15 is 0 Å². The molecule has 1 unspecified atom stereocenters. The van der Waals surface area contributed by atoms with Gasteiger partial charge >= 0.3 is 6.03 Å². The van der Waals surface area contributed by atoms with Crippen molar-refractivity contribution in [3.63, 3.8) is 0 Å². The van der Waals surface area contributed by atoms with E-state index in [-0.39, 0.29) is 35.8 Å². The Morgan fingerprint density at radius 3 is 2.73 bits per heavy atom. The van der Waals surface area contributed by atoms with Crippen molar-refractivity contribution in [2.75, 3.05) is 52.9 Å². The molecular formula is C28H46N8O4. The lowest BCUT2D eigenvalue weighted by Gasteiger charge is -2.33. The molecule has 4 N–H and O–H groups in total. The lowest BCUT2D eigenvalue weighted by molar-refractivity contribution is -0.131. The third-order valence-electron chi connectivity index (χ3n) is 6.56. The number of fused-ring (bicyclic) bond motifs is 1. The average molecular weight is 559 g/mol. The van der Waals surface area contributed by atoms with Crippen molar-refractivity contribution in [2.24, 2.45) is 10.4 Å². The van der Waals surface area contributed by atoms with Gasteiger partial charge in [-0.3, -0.25) is 20.3 Å². The van der Waals surface area contributed by atoms with Crippen molar-refractivity contribution in [3.8, 4) is 5.75 Å². The second-order valence-electron chi connectivity index (χ2n) is 11.6. The maximum absolute atomic E-state index is 13.0. The number of benzene rings is 1. The third-order valence-corrected chi connectivity index (χ3v) is 6.56. The molecule has 0 radical (unpaired) electrons. The maximum Gasteiger partial charge on any atom is 0.321 e. The lowest BCUT2D eigenvalue weighted by atomic mass is 9.96. The summed E-state index contributed by atoms with van der Waals surface area (Å²) in [5.74, 6) is 0.868. The van der Waals surface area contributed by atoms with E-state index in [2.05, 4.69) is 54.1 Å². The molecule has 1 aromatic carbocycles. The molecule has 12 nitrogen and oxygen atoms in total. The smallest absolute Gasteiger partial charge is 0.321 e. The number of amides is 4. The summed E-state index contributed by atoms with van der Waals surface area (Å²) in [7, 11) is 1.79. The Kier molecular flexibility index (Phi) is 11.1. The number of nitrogens with zero attached hydrogens (tertiary/aromatic N) is 4. The highest BCUT2D eigenvalue weighted by molar-refractivity contribution is 5.99. The van der Waals surface area contributed by atoms with E-state index in [1.165, 1.54) is 0 Å². The molecule has 0 aliphatic carbocycles. The molecule has 40 heavy (non-hydrogen) atoms. The molecular weight excluding hydrogens is 512 g/mol. The SMILES string of the molecule is CCNC(=O)NC1=Nc2cc(OCCCC(=O)NN3CCNCC3C)ccc2CN1CC(=O)N(C)CC(C)(C)C. The molecule has 1 fully saturated rings. The first-order valence-electron chi connectivity index (χ1n) is 14.1. The molecule has 12 heteroatoms. The highest BCUT2D eigenvalue weighted by Crippen LogP contribution is 2.30. The van der Waals surface area contributed by atoms with Crippen LogP contribution in [0, 0.1) is 5.41 Å². The van der Waals surface area contributed by atoms with Gasteiger partial charge in [0.1, 0.15) is 12.3 Å². The molecule has 222 valence electrons. The van der Waals surface area contributed by atoms with Crippen molar-refractivity contribution in [3.05, 3.63) is 23.8 Å². The van der Waals surface area contributed by atoms with Crippen molar-refractivity contribution in [2.45, 2.75) is 60.0 Å². The number of nitrogens with one attached hydrogen (secondary N) is 4. The number of hydrazine groups is 1. The standard InChI is InChI=1S/C28H46N8O4/c1-7-30-27(39)32-26-31-23-15-22(40-14-8-9-24(37)33-36-13-12-29-16-20(36)2)11-10-21(23)17-35(26)18-25(38)34(6)19-28(3,4)5/h10-11,15,20,29H,7-9,12-14,16-19H2,1-6H3,(H,33,37)(H2,30,31,32,39). The van der Waals surface area contributed by atoms with Crippen LogP contribution in [0.3, 0.4) is 0 Å². The fourth-order valence-corrected chi connectivity index (χ4v) is 4.61. The van der Waals surface area contributed by atoms with Crippen molar-refractivity contribution >= 4 is 29.5 Å². The molecule has 2 aliphatic heterocycles. The number of urea groups is 1. The van der Waals surface area contributed by atoms with Gasteiger partial charge in [-0.2, -0.15) is 0 Å². The Morgan fingerprint density at radius 2 is 2.02 bits per heavy atom. The van der Waals surface area contributed by atoms with Gasteiger partial charge in [0.15, 0.2) is 0 Å². The molecule has 1 saturated heterocycles. The van der Waals surface area contributed by atoms with Crippen LogP contribution in [0.25, 0.3) is 0 Å². The first-order chi connectivity index (χ1) is 18.9. The van der Waals surface area contributed by atoms with Crippen molar-refractivity contribution in [1.82, 2.24) is 36.2 Å². The van der Waals surface area contributed by atoms with Crippen LogP contribution in [-0.2, 0) is 16.1 Å². The zero-order valence-corrected chi connectivity index (χ0v) is 24.8. The summed E-state index contributed by atoms with van der Waals surface area (Å²) < 4.78 is 5.91. The van der Waals surface area contributed by atoms with Gasteiger partial charge in [0.2, 0.25) is 17.8 Å². The minimum atomic E-state index is -0.383. The number of aliphatic imine (C=N–C) groups is 1. The van der Waals surface area contributed by atoms with E-state index in [0.717, 1.165) is 25.2 Å². The fraction of sp³-hybridized carbons (Fsp3) is 0.643. The number of piperazine rings is 1. The Morgan fingerprint density at radius 1 is 1.25 bits per heavy atom. The molecule has 2 heterocycles. The van der Waals surface area contributed by atoms with E-state index in [4.69, 9.17) is 4.74 Å². The molecule has 1 atom stereocenters.